The number of rotatable bonds is 2. The van der Waals surface area contributed by atoms with Crippen molar-refractivity contribution in [1.82, 2.24) is 0 Å². The Balaban J connectivity index is 2.79. The molecular weight excluding hydrogens is 144 g/mol. The van der Waals surface area contributed by atoms with E-state index in [9.17, 15) is 4.79 Å². The third kappa shape index (κ3) is 1.37. The highest BCUT2D eigenvalue weighted by molar-refractivity contribution is 5.96. The Bertz CT molecular complexity index is 205. The van der Waals surface area contributed by atoms with E-state index in [0.717, 1.165) is 0 Å². The van der Waals surface area contributed by atoms with Gasteiger partial charge in [0.25, 0.3) is 0 Å². The summed E-state index contributed by atoms with van der Waals surface area (Å²) in [6, 6.07) is 0. The maximum Gasteiger partial charge on any atom is 0.201 e. The maximum atomic E-state index is 10.9. The number of carbonyl (C=O) groups excluding carboxylic acids is 1. The molecule has 0 heterocycles. The van der Waals surface area contributed by atoms with Crippen molar-refractivity contribution >= 4 is 5.78 Å². The number of aliphatic hydroxyl groups is 1. The zero-order chi connectivity index (χ0) is 8.43. The minimum atomic E-state index is -0.207. The Hall–Kier alpha value is -0.990. The lowest BCUT2D eigenvalue weighted by atomic mass is 10.1. The van der Waals surface area contributed by atoms with Crippen LogP contribution >= 0.6 is 0 Å². The first-order valence-corrected chi connectivity index (χ1v) is 3.76. The van der Waals surface area contributed by atoms with E-state index in [1.807, 2.05) is 13.8 Å². The van der Waals surface area contributed by atoms with Crippen LogP contribution in [0.3, 0.4) is 0 Å². The second kappa shape index (κ2) is 2.95. The molecule has 0 spiro atoms. The molecule has 1 aliphatic rings. The molecule has 1 aliphatic carbocycles. The molecule has 1 atom stereocenters. The lowest BCUT2D eigenvalue weighted by Crippen LogP contribution is -1.99. The predicted molar refractivity (Wildman–Crippen MR) is 40.1 cm³/mol. The van der Waals surface area contributed by atoms with Crippen LogP contribution in [0.15, 0.2) is 11.5 Å². The summed E-state index contributed by atoms with van der Waals surface area (Å²) in [5.41, 5.74) is 0. The number of ketones is 1. The van der Waals surface area contributed by atoms with Crippen LogP contribution in [0.1, 0.15) is 20.3 Å². The van der Waals surface area contributed by atoms with Gasteiger partial charge in [0, 0.05) is 12.3 Å². The quantitative estimate of drug-likeness (QED) is 0.657. The summed E-state index contributed by atoms with van der Waals surface area (Å²) in [5, 5.41) is 9.16. The molecule has 3 heteroatoms. The Morgan fingerprint density at radius 1 is 1.73 bits per heavy atom. The second-order valence-electron chi connectivity index (χ2n) is 2.67. The van der Waals surface area contributed by atoms with Gasteiger partial charge in [-0.3, -0.25) is 4.79 Å². The molecule has 1 rings (SSSR count). The molecule has 0 bridgehead atoms. The molecule has 0 saturated carbocycles. The average Bonchev–Trinajstić information content (AvgIpc) is 2.17. The topological polar surface area (TPSA) is 46.5 Å². The van der Waals surface area contributed by atoms with Crippen molar-refractivity contribution in [2.45, 2.75) is 20.3 Å². The Labute approximate surface area is 65.7 Å². The molecule has 1 N–H and O–H groups in total. The number of hydrogen-bond donors (Lipinski definition) is 1. The van der Waals surface area contributed by atoms with Gasteiger partial charge < -0.3 is 9.84 Å². The summed E-state index contributed by atoms with van der Waals surface area (Å²) in [6.45, 7) is 4.19. The van der Waals surface area contributed by atoms with E-state index in [-0.39, 0.29) is 17.5 Å². The second-order valence-corrected chi connectivity index (χ2v) is 2.67. The van der Waals surface area contributed by atoms with Gasteiger partial charge in [-0.15, -0.1) is 0 Å². The molecule has 0 aliphatic heterocycles. The summed E-state index contributed by atoms with van der Waals surface area (Å²) in [6.07, 6.45) is 0.376. The normalized spacial score (nSPS) is 24.5. The Kier molecular flexibility index (Phi) is 2.17. The van der Waals surface area contributed by atoms with E-state index in [4.69, 9.17) is 9.84 Å². The molecule has 0 fully saturated rings. The third-order valence-corrected chi connectivity index (χ3v) is 1.74. The highest BCUT2D eigenvalue weighted by Crippen LogP contribution is 2.27. The van der Waals surface area contributed by atoms with Crippen LogP contribution in [0.2, 0.25) is 0 Å². The number of Topliss-reactive ketones (excluding diaryl/α,β-unsaturated/α-hetero) is 1. The number of allylic oxidation sites excluding steroid dienone is 2. The first-order valence-electron chi connectivity index (χ1n) is 3.76. The van der Waals surface area contributed by atoms with Gasteiger partial charge in [-0.2, -0.15) is 0 Å². The highest BCUT2D eigenvalue weighted by atomic mass is 16.5. The summed E-state index contributed by atoms with van der Waals surface area (Å²) in [7, 11) is 0. The number of ether oxygens (including phenoxy) is 1. The molecule has 0 aromatic carbocycles. The smallest absolute Gasteiger partial charge is 0.201 e. The predicted octanol–water partition coefficient (Wildman–Crippen LogP) is 1.40. The van der Waals surface area contributed by atoms with E-state index in [1.165, 1.54) is 0 Å². The van der Waals surface area contributed by atoms with Crippen molar-refractivity contribution in [3.05, 3.63) is 11.5 Å². The van der Waals surface area contributed by atoms with Crippen LogP contribution in [0.5, 0.6) is 0 Å². The van der Waals surface area contributed by atoms with Crippen molar-refractivity contribution in [2.75, 3.05) is 6.61 Å². The summed E-state index contributed by atoms with van der Waals surface area (Å²) in [5.74, 6) is 0.111. The third-order valence-electron chi connectivity index (χ3n) is 1.74. The molecule has 0 saturated heterocycles. The zero-order valence-electron chi connectivity index (χ0n) is 6.76. The molecule has 0 amide bonds. The number of carbonyl (C=O) groups is 1. The van der Waals surface area contributed by atoms with Crippen molar-refractivity contribution in [3.8, 4) is 0 Å². The number of aliphatic hydroxyl groups excluding tert-OH is 1. The van der Waals surface area contributed by atoms with E-state index in [0.29, 0.717) is 18.8 Å². The van der Waals surface area contributed by atoms with Crippen LogP contribution in [-0.4, -0.2) is 17.5 Å². The SMILES string of the molecule is CCOC1=C(O)C(=O)CC1C. The van der Waals surface area contributed by atoms with Crippen LogP contribution < -0.4 is 0 Å². The van der Waals surface area contributed by atoms with Gasteiger partial charge >= 0.3 is 0 Å². The summed E-state index contributed by atoms with van der Waals surface area (Å²) in [4.78, 5) is 10.9. The standard InChI is InChI=1S/C8H12O3/c1-3-11-8-5(2)4-6(9)7(8)10/h5,10H,3-4H2,1-2H3. The van der Waals surface area contributed by atoms with Gasteiger partial charge in [-0.1, -0.05) is 6.92 Å². The van der Waals surface area contributed by atoms with Gasteiger partial charge in [-0.05, 0) is 6.92 Å². The Morgan fingerprint density at radius 3 is 2.73 bits per heavy atom. The van der Waals surface area contributed by atoms with Crippen LogP contribution in [-0.2, 0) is 9.53 Å². The van der Waals surface area contributed by atoms with E-state index >= 15 is 0 Å². The Morgan fingerprint density at radius 2 is 2.36 bits per heavy atom. The summed E-state index contributed by atoms with van der Waals surface area (Å²) >= 11 is 0. The number of hydrogen-bond acceptors (Lipinski definition) is 3. The molecular formula is C8H12O3. The fourth-order valence-electron chi connectivity index (χ4n) is 1.20. The highest BCUT2D eigenvalue weighted by Gasteiger charge is 2.30. The summed E-state index contributed by atoms with van der Waals surface area (Å²) < 4.78 is 5.11. The fourth-order valence-corrected chi connectivity index (χ4v) is 1.20. The van der Waals surface area contributed by atoms with Crippen molar-refractivity contribution < 1.29 is 14.6 Å². The fraction of sp³-hybridized carbons (Fsp3) is 0.625. The lowest BCUT2D eigenvalue weighted by Gasteiger charge is -2.07. The van der Waals surface area contributed by atoms with E-state index in [2.05, 4.69) is 0 Å². The molecule has 62 valence electrons. The van der Waals surface area contributed by atoms with Crippen LogP contribution in [0, 0.1) is 5.92 Å². The first-order chi connectivity index (χ1) is 5.16. The molecule has 0 aromatic heterocycles. The molecule has 0 radical (unpaired) electrons. The average molecular weight is 156 g/mol. The largest absolute Gasteiger partial charge is 0.502 e. The van der Waals surface area contributed by atoms with Gasteiger partial charge in [0.05, 0.1) is 6.61 Å². The zero-order valence-corrected chi connectivity index (χ0v) is 6.76. The van der Waals surface area contributed by atoms with Crippen LogP contribution in [0.4, 0.5) is 0 Å². The molecule has 0 aromatic rings. The van der Waals surface area contributed by atoms with Crippen molar-refractivity contribution in [2.24, 2.45) is 5.92 Å². The minimum absolute atomic E-state index is 0.0439. The van der Waals surface area contributed by atoms with Gasteiger partial charge in [0.2, 0.25) is 5.78 Å². The molecule has 11 heavy (non-hydrogen) atoms. The molecule has 3 nitrogen and oxygen atoms in total. The van der Waals surface area contributed by atoms with Gasteiger partial charge in [-0.25, -0.2) is 0 Å². The van der Waals surface area contributed by atoms with Crippen LogP contribution in [0.25, 0.3) is 0 Å². The first kappa shape index (κ1) is 8.11. The lowest BCUT2D eigenvalue weighted by molar-refractivity contribution is -0.117. The van der Waals surface area contributed by atoms with Crippen molar-refractivity contribution in [3.63, 3.8) is 0 Å². The van der Waals surface area contributed by atoms with Crippen molar-refractivity contribution in [1.29, 1.82) is 0 Å². The van der Waals surface area contributed by atoms with E-state index in [1.54, 1.807) is 0 Å². The van der Waals surface area contributed by atoms with E-state index < -0.39 is 0 Å². The monoisotopic (exact) mass is 156 g/mol. The minimum Gasteiger partial charge on any atom is -0.502 e. The maximum absolute atomic E-state index is 10.9. The molecule has 1 unspecified atom stereocenters. The van der Waals surface area contributed by atoms with Gasteiger partial charge in [0.15, 0.2) is 5.76 Å². The van der Waals surface area contributed by atoms with Gasteiger partial charge in [0.1, 0.15) is 5.76 Å².